The van der Waals surface area contributed by atoms with Crippen molar-refractivity contribution >= 4 is 17.9 Å². The molecule has 0 radical (unpaired) electrons. The quantitative estimate of drug-likeness (QED) is 0.0211. The van der Waals surface area contributed by atoms with Gasteiger partial charge in [0.15, 0.2) is 6.10 Å². The van der Waals surface area contributed by atoms with Crippen molar-refractivity contribution in [3.05, 3.63) is 146 Å². The van der Waals surface area contributed by atoms with Crippen LogP contribution in [0.2, 0.25) is 0 Å². The van der Waals surface area contributed by atoms with Crippen LogP contribution in [0.15, 0.2) is 146 Å². The zero-order chi connectivity index (χ0) is 50.6. The molecule has 2 unspecified atom stereocenters. The lowest BCUT2D eigenvalue weighted by atomic mass is 10.1. The molecule has 0 saturated carbocycles. The number of carbonyl (C=O) groups excluding carboxylic acids is 2. The van der Waals surface area contributed by atoms with E-state index in [-0.39, 0.29) is 38.6 Å². The lowest BCUT2D eigenvalue weighted by molar-refractivity contribution is -0.870. The van der Waals surface area contributed by atoms with Crippen LogP contribution in [0.3, 0.4) is 0 Å². The van der Waals surface area contributed by atoms with Crippen molar-refractivity contribution in [3.8, 4) is 0 Å². The first-order valence-corrected chi connectivity index (χ1v) is 26.0. The number of hydrogen-bond donors (Lipinski definition) is 1. The Bertz CT molecular complexity index is 1630. The van der Waals surface area contributed by atoms with E-state index < -0.39 is 24.3 Å². The lowest BCUT2D eigenvalue weighted by Crippen LogP contribution is -2.40. The Morgan fingerprint density at radius 2 is 0.826 bits per heavy atom. The van der Waals surface area contributed by atoms with E-state index in [1.54, 1.807) is 0 Å². The summed E-state index contributed by atoms with van der Waals surface area (Å²) in [4.78, 5) is 36.8. The summed E-state index contributed by atoms with van der Waals surface area (Å²) in [6.45, 7) is 4.56. The van der Waals surface area contributed by atoms with E-state index in [0.717, 1.165) is 122 Å². The van der Waals surface area contributed by atoms with Crippen molar-refractivity contribution in [2.24, 2.45) is 0 Å². The Labute approximate surface area is 420 Å². The molecule has 0 amide bonds. The van der Waals surface area contributed by atoms with Crippen LogP contribution in [0.25, 0.3) is 0 Å². The van der Waals surface area contributed by atoms with Gasteiger partial charge in [0.05, 0.1) is 34.4 Å². The van der Waals surface area contributed by atoms with Crippen LogP contribution in [0.1, 0.15) is 155 Å². The molecule has 0 aliphatic carbocycles. The Morgan fingerprint density at radius 1 is 0.449 bits per heavy atom. The predicted octanol–water partition coefficient (Wildman–Crippen LogP) is 14.9. The van der Waals surface area contributed by atoms with Gasteiger partial charge in [-0.25, -0.2) is 4.79 Å². The number of quaternary nitrogens is 1. The molecule has 0 aliphatic rings. The van der Waals surface area contributed by atoms with E-state index in [2.05, 4.69) is 160 Å². The highest BCUT2D eigenvalue weighted by atomic mass is 16.7. The maximum absolute atomic E-state index is 12.7. The van der Waals surface area contributed by atoms with E-state index in [1.807, 2.05) is 21.1 Å². The third kappa shape index (κ3) is 50.9. The fraction of sp³-hybridized carbons (Fsp3) is 0.550. The third-order valence-corrected chi connectivity index (χ3v) is 10.1. The number of hydrogen-bond acceptors (Lipinski definition) is 7. The fourth-order valence-electron chi connectivity index (χ4n) is 6.11. The summed E-state index contributed by atoms with van der Waals surface area (Å²) in [7, 11) is 5.91. The van der Waals surface area contributed by atoms with Gasteiger partial charge in [-0.1, -0.05) is 185 Å². The number of esters is 2. The van der Waals surface area contributed by atoms with Crippen molar-refractivity contribution in [1.82, 2.24) is 0 Å². The van der Waals surface area contributed by atoms with Gasteiger partial charge in [-0.3, -0.25) is 9.59 Å². The monoisotopic (exact) mass is 957 g/mol. The number of carboxylic acids is 1. The Kier molecular flexibility index (Phi) is 46.1. The molecular formula is C60H94NO8+. The average Bonchev–Trinajstić information content (AvgIpc) is 3.31. The minimum Gasteiger partial charge on any atom is -0.477 e. The number of carbonyl (C=O) groups is 3. The fourth-order valence-corrected chi connectivity index (χ4v) is 6.11. The number of aliphatic carboxylic acids is 1. The van der Waals surface area contributed by atoms with Crippen LogP contribution in [-0.2, 0) is 33.3 Å². The van der Waals surface area contributed by atoms with Crippen molar-refractivity contribution in [1.29, 1.82) is 0 Å². The molecule has 0 rings (SSSR count). The van der Waals surface area contributed by atoms with Gasteiger partial charge in [0.25, 0.3) is 6.29 Å². The minimum absolute atomic E-state index is 0.171. The van der Waals surface area contributed by atoms with E-state index in [1.165, 1.54) is 0 Å². The Morgan fingerprint density at radius 3 is 1.22 bits per heavy atom. The first-order chi connectivity index (χ1) is 33.6. The molecule has 0 aromatic carbocycles. The molecule has 386 valence electrons. The zero-order valence-electron chi connectivity index (χ0n) is 43.6. The largest absolute Gasteiger partial charge is 0.477 e. The van der Waals surface area contributed by atoms with Gasteiger partial charge in [-0.05, 0) is 103 Å². The number of allylic oxidation sites excluding steroid dienone is 24. The van der Waals surface area contributed by atoms with Crippen LogP contribution in [0.5, 0.6) is 0 Å². The van der Waals surface area contributed by atoms with Gasteiger partial charge in [0.1, 0.15) is 13.2 Å². The normalized spacial score (nSPS) is 14.0. The Hall–Kier alpha value is -4.83. The highest BCUT2D eigenvalue weighted by Gasteiger charge is 2.25. The van der Waals surface area contributed by atoms with Gasteiger partial charge in [-0.2, -0.15) is 0 Å². The first-order valence-electron chi connectivity index (χ1n) is 26.0. The molecule has 0 aromatic heterocycles. The predicted molar refractivity (Wildman–Crippen MR) is 290 cm³/mol. The molecule has 0 saturated heterocycles. The average molecular weight is 957 g/mol. The van der Waals surface area contributed by atoms with Crippen LogP contribution < -0.4 is 0 Å². The molecule has 69 heavy (non-hydrogen) atoms. The lowest BCUT2D eigenvalue weighted by Gasteiger charge is -2.25. The summed E-state index contributed by atoms with van der Waals surface area (Å²) in [5.41, 5.74) is 0. The smallest absolute Gasteiger partial charge is 0.361 e. The molecule has 0 spiro atoms. The number of nitrogens with zero attached hydrogens (tertiary/aromatic N) is 1. The second kappa shape index (κ2) is 49.6. The maximum Gasteiger partial charge on any atom is 0.361 e. The van der Waals surface area contributed by atoms with E-state index >= 15 is 0 Å². The SMILES string of the molecule is CC/C=C\C/C=C\C/C=C\C/C=C\C/C=C\C/C=C\C/C=C\C/C=C\C/C=C\C/C=C\C/C=C\C/C=C\CCCCC(=O)OC(COC(=O)CCCCCCC)COC(OCC[N+](C)(C)C)C(=O)O. The van der Waals surface area contributed by atoms with Gasteiger partial charge >= 0.3 is 17.9 Å². The number of ether oxygens (including phenoxy) is 4. The van der Waals surface area contributed by atoms with Crippen LogP contribution >= 0.6 is 0 Å². The molecule has 9 nitrogen and oxygen atoms in total. The molecule has 0 aliphatic heterocycles. The summed E-state index contributed by atoms with van der Waals surface area (Å²) in [5, 5.41) is 9.59. The molecule has 9 heteroatoms. The third-order valence-electron chi connectivity index (χ3n) is 10.1. The number of likely N-dealkylation sites (N-methyl/N-ethyl adjacent to an activating group) is 1. The summed E-state index contributed by atoms with van der Waals surface area (Å²) in [5.74, 6) is -2.11. The summed E-state index contributed by atoms with van der Waals surface area (Å²) >= 11 is 0. The molecule has 1 N–H and O–H groups in total. The van der Waals surface area contributed by atoms with Crippen molar-refractivity contribution in [2.75, 3.05) is 47.5 Å². The van der Waals surface area contributed by atoms with Crippen LogP contribution in [-0.4, -0.2) is 87.4 Å². The second-order valence-corrected chi connectivity index (χ2v) is 17.8. The highest BCUT2D eigenvalue weighted by molar-refractivity contribution is 5.71. The molecule has 2 atom stereocenters. The van der Waals surface area contributed by atoms with Gasteiger partial charge in [-0.15, -0.1) is 0 Å². The van der Waals surface area contributed by atoms with Crippen LogP contribution in [0, 0.1) is 0 Å². The van der Waals surface area contributed by atoms with Crippen molar-refractivity contribution in [2.45, 2.75) is 167 Å². The van der Waals surface area contributed by atoms with Gasteiger partial charge in [0.2, 0.25) is 0 Å². The number of unbranched alkanes of at least 4 members (excludes halogenated alkanes) is 6. The topological polar surface area (TPSA) is 108 Å². The van der Waals surface area contributed by atoms with Crippen molar-refractivity contribution < 1.29 is 42.9 Å². The molecule has 0 aromatic rings. The number of carboxylic acid groups (broad SMARTS) is 1. The minimum atomic E-state index is -1.53. The second-order valence-electron chi connectivity index (χ2n) is 17.8. The molecule has 0 fully saturated rings. The zero-order valence-corrected chi connectivity index (χ0v) is 43.6. The standard InChI is InChI=1S/C60H93NO8/c1-6-8-10-12-13-14-15-16-17-18-19-20-21-22-23-24-25-26-27-28-29-30-31-32-33-34-35-36-37-38-39-40-41-42-43-44-45-47-49-51-58(63)69-56(54-67-57(62)50-48-46-11-9-7-2)55-68-60(59(64)65)66-53-52-61(3,4)5/h8,10,13-14,16-17,19-20,22-23,25-26,28-29,31-32,34-35,37-38,40-41,43-44,56,60H,6-7,9,11-12,15,18,21,24,27,30,33,36,39,42,45-55H2,1-5H3/p+1/b10-8-,14-13-,17-16-,20-19-,23-22-,26-25-,29-28-,32-31-,35-34-,38-37-,41-40-,44-43-. The summed E-state index contributed by atoms with van der Waals surface area (Å²) in [6, 6.07) is 0. The van der Waals surface area contributed by atoms with Gasteiger partial charge in [0, 0.05) is 12.8 Å². The molecule has 0 bridgehead atoms. The number of rotatable bonds is 45. The van der Waals surface area contributed by atoms with Crippen LogP contribution in [0.4, 0.5) is 0 Å². The van der Waals surface area contributed by atoms with E-state index in [0.29, 0.717) is 17.4 Å². The van der Waals surface area contributed by atoms with Gasteiger partial charge < -0.3 is 28.5 Å². The molecule has 0 heterocycles. The van der Waals surface area contributed by atoms with E-state index in [4.69, 9.17) is 18.9 Å². The van der Waals surface area contributed by atoms with Crippen molar-refractivity contribution in [3.63, 3.8) is 0 Å². The highest BCUT2D eigenvalue weighted by Crippen LogP contribution is 2.10. The van der Waals surface area contributed by atoms with E-state index in [9.17, 15) is 19.5 Å². The Balaban J connectivity index is 4.18. The molecular weight excluding hydrogens is 863 g/mol. The summed E-state index contributed by atoms with van der Waals surface area (Å²) in [6.07, 6.45) is 69.9. The first kappa shape index (κ1) is 64.2. The maximum atomic E-state index is 12.7. The summed E-state index contributed by atoms with van der Waals surface area (Å²) < 4.78 is 22.5.